The van der Waals surface area contributed by atoms with Gasteiger partial charge in [0.15, 0.2) is 0 Å². The molecule has 0 bridgehead atoms. The van der Waals surface area contributed by atoms with Crippen LogP contribution in [0.1, 0.15) is 76.3 Å². The highest BCUT2D eigenvalue weighted by Gasteiger charge is 2.58. The van der Waals surface area contributed by atoms with E-state index in [9.17, 15) is 19.7 Å². The molecule has 1 aliphatic carbocycles. The normalized spacial score (nSPS) is 25.3. The fourth-order valence-electron chi connectivity index (χ4n) is 9.22. The zero-order valence-electron chi connectivity index (χ0n) is 28.9. The Morgan fingerprint density at radius 1 is 0.918 bits per heavy atom. The Balaban J connectivity index is 1.08. The lowest BCUT2D eigenvalue weighted by Crippen LogP contribution is -2.48. The lowest BCUT2D eigenvalue weighted by Gasteiger charge is -2.43. The topological polar surface area (TPSA) is 90.3 Å². The van der Waals surface area contributed by atoms with Crippen molar-refractivity contribution >= 4 is 35.8 Å². The van der Waals surface area contributed by atoms with Crippen LogP contribution in [0.4, 0.5) is 0 Å². The molecule has 3 aromatic rings. The number of nitrogens with zero attached hydrogens (tertiary/aromatic N) is 2. The zero-order valence-corrected chi connectivity index (χ0v) is 28.9. The lowest BCUT2D eigenvalue weighted by atomic mass is 9.58. The van der Waals surface area contributed by atoms with E-state index in [0.717, 1.165) is 74.5 Å². The first kappa shape index (κ1) is 33.8. The molecule has 8 heteroatoms. The average Bonchev–Trinajstić information content (AvgIpc) is 3.37. The Morgan fingerprint density at radius 2 is 1.65 bits per heavy atom. The molecule has 2 amide bonds. The molecular weight excluding hydrogens is 611 g/mol. The third-order valence-electron chi connectivity index (χ3n) is 11.5. The second-order valence-electron chi connectivity index (χ2n) is 14.5. The number of imide groups is 1. The second-order valence-corrected chi connectivity index (χ2v) is 14.5. The standard InChI is InChI=1S/C41H49BN2O5/c1-3-10-27(23-30-16-17-36(45)33-14-9-8-13-32(30)33)15-18-37-38-29(4-2)24-34-39(35(38)25-42(48)49-37)41(47)44(40(34)46)31-19-21-43(22-20-31)26-28-11-6-5-7-12-28/h5-9,11-14,16-17,23,31,34-35,37,39,45,48H,3-4,10,15,18-22,24-26H2,1-2H3/b27-23+/t34-,35+,37-,39-/m1/s1. The van der Waals surface area contributed by atoms with E-state index >= 15 is 0 Å². The van der Waals surface area contributed by atoms with E-state index in [1.807, 2.05) is 36.4 Å². The number of piperidine rings is 1. The van der Waals surface area contributed by atoms with Crippen molar-refractivity contribution in [2.45, 2.75) is 90.2 Å². The molecule has 2 N–H and O–H groups in total. The number of hydrogen-bond donors (Lipinski definition) is 2. The van der Waals surface area contributed by atoms with E-state index in [0.29, 0.717) is 19.2 Å². The molecule has 3 aliphatic heterocycles. The maximum Gasteiger partial charge on any atom is 0.455 e. The summed E-state index contributed by atoms with van der Waals surface area (Å²) >= 11 is 0. The van der Waals surface area contributed by atoms with Gasteiger partial charge in [0.25, 0.3) is 0 Å². The molecule has 3 fully saturated rings. The largest absolute Gasteiger partial charge is 0.507 e. The Morgan fingerprint density at radius 3 is 2.39 bits per heavy atom. The third-order valence-corrected chi connectivity index (χ3v) is 11.5. The SMILES string of the molecule is CCC/C(=C\c1ccc(O)c2ccccc12)CC[C@H]1OB(O)C[C@H]2C1=C(CC)C[C@H]1C(=O)N(C3CCN(Cc4ccccc4)CC3)C(=O)[C@H]12. The van der Waals surface area contributed by atoms with E-state index in [1.54, 1.807) is 11.0 Å². The number of amides is 2. The summed E-state index contributed by atoms with van der Waals surface area (Å²) < 4.78 is 6.29. The van der Waals surface area contributed by atoms with Crippen molar-refractivity contribution in [2.24, 2.45) is 17.8 Å². The number of phenolic OH excluding ortho intramolecular Hbond substituents is 1. The minimum absolute atomic E-state index is 0.00618. The molecular formula is C41H49BN2O5. The molecule has 0 radical (unpaired) electrons. The predicted molar refractivity (Wildman–Crippen MR) is 194 cm³/mol. The molecule has 3 saturated heterocycles. The van der Waals surface area contributed by atoms with Gasteiger partial charge in [0, 0.05) is 31.1 Å². The predicted octanol–water partition coefficient (Wildman–Crippen LogP) is 7.38. The van der Waals surface area contributed by atoms with Crippen LogP contribution in [-0.2, 0) is 20.8 Å². The van der Waals surface area contributed by atoms with E-state index in [4.69, 9.17) is 4.65 Å². The van der Waals surface area contributed by atoms with Crippen LogP contribution in [0.5, 0.6) is 5.75 Å². The van der Waals surface area contributed by atoms with E-state index in [-0.39, 0.29) is 41.5 Å². The first-order chi connectivity index (χ1) is 23.9. The number of hydrogen-bond acceptors (Lipinski definition) is 6. The Labute approximate surface area is 290 Å². The van der Waals surface area contributed by atoms with Gasteiger partial charge in [-0.3, -0.25) is 19.4 Å². The summed E-state index contributed by atoms with van der Waals surface area (Å²) in [6, 6.07) is 22.1. The number of fused-ring (bicyclic) bond motifs is 4. The van der Waals surface area contributed by atoms with Crippen molar-refractivity contribution in [3.8, 4) is 5.75 Å². The summed E-state index contributed by atoms with van der Waals surface area (Å²) in [6.07, 6.45) is 8.76. The van der Waals surface area contributed by atoms with Gasteiger partial charge in [-0.25, -0.2) is 0 Å². The van der Waals surface area contributed by atoms with Gasteiger partial charge in [0.1, 0.15) is 5.75 Å². The third kappa shape index (κ3) is 6.75. The maximum absolute atomic E-state index is 14.3. The fraction of sp³-hybridized carbons (Fsp3) is 0.463. The van der Waals surface area contributed by atoms with Crippen LogP contribution in [0.25, 0.3) is 16.8 Å². The van der Waals surface area contributed by atoms with Crippen molar-refractivity contribution < 1.29 is 24.4 Å². The first-order valence-electron chi connectivity index (χ1n) is 18.4. The summed E-state index contributed by atoms with van der Waals surface area (Å²) in [6.45, 7) is 6.93. The van der Waals surface area contributed by atoms with Gasteiger partial charge in [-0.15, -0.1) is 0 Å². The minimum atomic E-state index is -0.964. The molecule has 7 rings (SSSR count). The van der Waals surface area contributed by atoms with Crippen LogP contribution in [-0.4, -0.2) is 64.1 Å². The summed E-state index contributed by atoms with van der Waals surface area (Å²) in [4.78, 5) is 32.4. The van der Waals surface area contributed by atoms with E-state index < -0.39 is 13.0 Å². The van der Waals surface area contributed by atoms with Crippen LogP contribution in [0.3, 0.4) is 0 Å². The molecule has 0 unspecified atom stereocenters. The Kier molecular flexibility index (Phi) is 10.1. The van der Waals surface area contributed by atoms with Crippen molar-refractivity contribution in [1.29, 1.82) is 0 Å². The zero-order chi connectivity index (χ0) is 34.1. The summed E-state index contributed by atoms with van der Waals surface area (Å²) in [7, 11) is -0.964. The van der Waals surface area contributed by atoms with Crippen LogP contribution < -0.4 is 0 Å². The number of rotatable bonds is 10. The monoisotopic (exact) mass is 660 g/mol. The number of phenols is 1. The highest BCUT2D eigenvalue weighted by molar-refractivity contribution is 6.43. The van der Waals surface area contributed by atoms with Crippen LogP contribution in [0.2, 0.25) is 6.32 Å². The highest BCUT2D eigenvalue weighted by Crippen LogP contribution is 2.52. The summed E-state index contributed by atoms with van der Waals surface area (Å²) in [5.74, 6) is -0.706. The van der Waals surface area contributed by atoms with Gasteiger partial charge < -0.3 is 14.8 Å². The molecule has 0 saturated carbocycles. The van der Waals surface area contributed by atoms with Crippen LogP contribution in [0, 0.1) is 17.8 Å². The number of carbonyl (C=O) groups excluding carboxylic acids is 2. The molecule has 4 atom stereocenters. The molecule has 3 heterocycles. The van der Waals surface area contributed by atoms with Gasteiger partial charge in [0.05, 0.1) is 17.9 Å². The number of carbonyl (C=O) groups is 2. The molecule has 49 heavy (non-hydrogen) atoms. The minimum Gasteiger partial charge on any atom is -0.507 e. The van der Waals surface area contributed by atoms with Crippen molar-refractivity contribution in [1.82, 2.24) is 9.80 Å². The van der Waals surface area contributed by atoms with E-state index in [2.05, 4.69) is 49.1 Å². The molecule has 7 nitrogen and oxygen atoms in total. The smallest absolute Gasteiger partial charge is 0.455 e. The number of allylic oxidation sites excluding steroid dienone is 2. The maximum atomic E-state index is 14.3. The van der Waals surface area contributed by atoms with Crippen LogP contribution >= 0.6 is 0 Å². The van der Waals surface area contributed by atoms with Gasteiger partial charge in [-0.05, 0) is 85.3 Å². The Bertz CT molecular complexity index is 1750. The van der Waals surface area contributed by atoms with Gasteiger partial charge in [-0.1, -0.05) is 98.2 Å². The van der Waals surface area contributed by atoms with Crippen LogP contribution in [0.15, 0.2) is 83.4 Å². The van der Waals surface area contributed by atoms with E-state index in [1.165, 1.54) is 22.3 Å². The van der Waals surface area contributed by atoms with Gasteiger partial charge in [0.2, 0.25) is 11.8 Å². The molecule has 256 valence electrons. The van der Waals surface area contributed by atoms with Gasteiger partial charge in [-0.2, -0.15) is 0 Å². The van der Waals surface area contributed by atoms with Gasteiger partial charge >= 0.3 is 7.12 Å². The fourth-order valence-corrected chi connectivity index (χ4v) is 9.22. The number of aromatic hydroxyl groups is 1. The summed E-state index contributed by atoms with van der Waals surface area (Å²) in [5.41, 5.74) is 6.05. The quantitative estimate of drug-likeness (QED) is 0.134. The Hall–Kier alpha value is -3.72. The summed E-state index contributed by atoms with van der Waals surface area (Å²) in [5, 5.41) is 23.3. The highest BCUT2D eigenvalue weighted by atomic mass is 16.5. The first-order valence-corrected chi connectivity index (χ1v) is 18.4. The van der Waals surface area contributed by atoms with Crippen molar-refractivity contribution in [3.63, 3.8) is 0 Å². The number of likely N-dealkylation sites (tertiary alicyclic amines) is 2. The lowest BCUT2D eigenvalue weighted by molar-refractivity contribution is -0.144. The second kappa shape index (κ2) is 14.6. The van der Waals surface area contributed by atoms with Crippen molar-refractivity contribution in [2.75, 3.05) is 13.1 Å². The average molecular weight is 661 g/mol. The molecule has 4 aliphatic rings. The molecule has 0 spiro atoms. The van der Waals surface area contributed by atoms with Crippen molar-refractivity contribution in [3.05, 3.63) is 94.6 Å². The molecule has 3 aromatic carbocycles. The number of benzene rings is 3. The molecule has 0 aromatic heterocycles.